The van der Waals surface area contributed by atoms with E-state index >= 15 is 0 Å². The molecule has 41 heavy (non-hydrogen) atoms. The van der Waals surface area contributed by atoms with E-state index in [1.54, 1.807) is 12.3 Å². The Bertz CT molecular complexity index is 1620. The fourth-order valence-corrected chi connectivity index (χ4v) is 8.65. The summed E-state index contributed by atoms with van der Waals surface area (Å²) in [6, 6.07) is 4.40. The van der Waals surface area contributed by atoms with Crippen LogP contribution in [0.3, 0.4) is 0 Å². The number of fused-ring (bicyclic) bond motifs is 4. The van der Waals surface area contributed by atoms with Crippen LogP contribution in [0.2, 0.25) is 0 Å². The van der Waals surface area contributed by atoms with Crippen LogP contribution >= 0.6 is 22.7 Å². The predicted octanol–water partition coefficient (Wildman–Crippen LogP) is 5.72. The van der Waals surface area contributed by atoms with Gasteiger partial charge in [0.25, 0.3) is 5.19 Å². The first-order valence-electron chi connectivity index (χ1n) is 14.1. The van der Waals surface area contributed by atoms with E-state index in [1.165, 1.54) is 27.6 Å². The van der Waals surface area contributed by atoms with Crippen LogP contribution in [0.1, 0.15) is 72.7 Å². The number of ether oxygens (including phenoxy) is 2. The van der Waals surface area contributed by atoms with E-state index in [1.807, 2.05) is 5.38 Å². The Balaban J connectivity index is 1.30. The van der Waals surface area contributed by atoms with Crippen molar-refractivity contribution in [2.45, 2.75) is 75.9 Å². The number of likely N-dealkylation sites (tertiary alicyclic amines) is 1. The SMILES string of the molecule is C[C@H](Oc1cc(Oc2nccs2)nc(-c2onc3c2CCC[C@@]32CCCc3sc(N)c(C#N)c32)n1)[C@@H]1CCCN1C. The lowest BCUT2D eigenvalue weighted by Gasteiger charge is -2.39. The quantitative estimate of drug-likeness (QED) is 0.297. The van der Waals surface area contributed by atoms with Crippen LogP contribution in [0.15, 0.2) is 22.2 Å². The van der Waals surface area contributed by atoms with Crippen molar-refractivity contribution in [3.63, 3.8) is 0 Å². The molecular weight excluding hydrogens is 558 g/mol. The van der Waals surface area contributed by atoms with Crippen LogP contribution < -0.4 is 15.2 Å². The lowest BCUT2D eigenvalue weighted by molar-refractivity contribution is 0.116. The number of thiazole rings is 1. The fourth-order valence-electron chi connectivity index (χ4n) is 7.00. The first-order valence-corrected chi connectivity index (χ1v) is 15.8. The van der Waals surface area contributed by atoms with Crippen molar-refractivity contribution in [1.82, 2.24) is 25.0 Å². The molecule has 2 N–H and O–H groups in total. The highest BCUT2D eigenvalue weighted by Crippen LogP contribution is 2.54. The number of anilines is 1. The molecule has 3 atom stereocenters. The number of likely N-dealkylation sites (N-methyl/N-ethyl adjacent to an activating group) is 1. The number of thiophene rings is 1. The lowest BCUT2D eigenvalue weighted by Crippen LogP contribution is -2.38. The molecule has 212 valence electrons. The Morgan fingerprint density at radius 1 is 1.22 bits per heavy atom. The van der Waals surface area contributed by atoms with Crippen molar-refractivity contribution in [1.29, 1.82) is 5.26 Å². The van der Waals surface area contributed by atoms with E-state index < -0.39 is 5.41 Å². The molecule has 2 aliphatic carbocycles. The normalized spacial score (nSPS) is 22.7. The molecule has 0 aromatic carbocycles. The highest BCUT2D eigenvalue weighted by atomic mass is 32.1. The molecule has 1 spiro atoms. The van der Waals surface area contributed by atoms with Crippen LogP contribution in [0, 0.1) is 11.3 Å². The molecule has 0 unspecified atom stereocenters. The number of nitrogens with two attached hydrogens (primary N) is 1. The predicted molar refractivity (Wildman–Crippen MR) is 156 cm³/mol. The molecule has 3 aliphatic rings. The van der Waals surface area contributed by atoms with E-state index in [9.17, 15) is 5.26 Å². The van der Waals surface area contributed by atoms with Crippen molar-refractivity contribution in [2.75, 3.05) is 19.3 Å². The molecule has 0 radical (unpaired) electrons. The second-order valence-electron chi connectivity index (χ2n) is 11.2. The molecule has 0 amide bonds. The lowest BCUT2D eigenvalue weighted by atomic mass is 9.62. The molecule has 7 rings (SSSR count). The molecule has 4 aromatic heterocycles. The maximum Gasteiger partial charge on any atom is 0.279 e. The standard InChI is InChI=1S/C29H31N7O3S2/c1-16(19-7-5-12-36(19)2)37-21-14-22(38-28-32-11-13-40-28)34-27(33-21)24-17-6-3-9-29(25(17)35-39-24)10-4-8-20-23(29)18(15-30)26(31)41-20/h11,13-14,16,19H,3-10,12,31H2,1-2H3/t16-,19-,29-/m0/s1. The highest BCUT2D eigenvalue weighted by Gasteiger charge is 2.48. The second-order valence-corrected chi connectivity index (χ2v) is 13.2. The maximum absolute atomic E-state index is 10.0. The molecule has 1 aliphatic heterocycles. The Morgan fingerprint density at radius 3 is 2.80 bits per heavy atom. The van der Waals surface area contributed by atoms with Gasteiger partial charge >= 0.3 is 0 Å². The number of aryl methyl sites for hydroxylation is 1. The first-order chi connectivity index (χ1) is 20.0. The number of hydrogen-bond donors (Lipinski definition) is 1. The van der Waals surface area contributed by atoms with Crippen LogP contribution in [0.4, 0.5) is 5.00 Å². The van der Waals surface area contributed by atoms with Gasteiger partial charge in [0.05, 0.1) is 17.3 Å². The Labute approximate surface area is 246 Å². The van der Waals surface area contributed by atoms with Gasteiger partial charge in [-0.2, -0.15) is 15.2 Å². The van der Waals surface area contributed by atoms with Crippen LogP contribution in [0.25, 0.3) is 11.6 Å². The smallest absolute Gasteiger partial charge is 0.279 e. The van der Waals surface area contributed by atoms with Gasteiger partial charge in [0, 0.05) is 33.5 Å². The minimum absolute atomic E-state index is 0.0704. The Hall–Kier alpha value is -3.53. The minimum atomic E-state index is -0.391. The molecule has 10 nitrogen and oxygen atoms in total. The van der Waals surface area contributed by atoms with Crippen molar-refractivity contribution >= 4 is 27.7 Å². The topological polar surface area (TPSA) is 136 Å². The van der Waals surface area contributed by atoms with Crippen LogP contribution in [0.5, 0.6) is 17.0 Å². The Kier molecular flexibility index (Phi) is 6.68. The first kappa shape index (κ1) is 26.4. The molecule has 1 saturated heterocycles. The van der Waals surface area contributed by atoms with E-state index in [0.717, 1.165) is 74.7 Å². The average Bonchev–Trinajstić information content (AvgIpc) is 3.76. The van der Waals surface area contributed by atoms with E-state index in [0.29, 0.717) is 45.1 Å². The maximum atomic E-state index is 10.0. The van der Waals surface area contributed by atoms with E-state index in [2.05, 4.69) is 35.1 Å². The minimum Gasteiger partial charge on any atom is -0.473 e. The van der Waals surface area contributed by atoms with Gasteiger partial charge < -0.3 is 19.7 Å². The third-order valence-corrected chi connectivity index (χ3v) is 10.5. The van der Waals surface area contributed by atoms with Crippen molar-refractivity contribution < 1.29 is 14.0 Å². The second kappa shape index (κ2) is 10.4. The number of nitrogens with zero attached hydrogens (tertiary/aromatic N) is 6. The van der Waals surface area contributed by atoms with Gasteiger partial charge in [-0.25, -0.2) is 4.98 Å². The summed E-state index contributed by atoms with van der Waals surface area (Å²) in [6.07, 6.45) is 9.32. The third-order valence-electron chi connectivity index (χ3n) is 8.79. The van der Waals surface area contributed by atoms with Gasteiger partial charge in [-0.15, -0.1) is 11.3 Å². The summed E-state index contributed by atoms with van der Waals surface area (Å²) in [5.74, 6) is 1.64. The van der Waals surface area contributed by atoms with Gasteiger partial charge in [0.1, 0.15) is 17.2 Å². The zero-order valence-electron chi connectivity index (χ0n) is 23.1. The number of nitriles is 1. The molecule has 0 bridgehead atoms. The van der Waals surface area contributed by atoms with E-state index in [4.69, 9.17) is 29.7 Å². The molecule has 12 heteroatoms. The average molecular weight is 590 g/mol. The third kappa shape index (κ3) is 4.47. The van der Waals surface area contributed by atoms with Gasteiger partial charge in [-0.05, 0) is 77.4 Å². The number of rotatable bonds is 6. The number of aromatic nitrogens is 4. The molecule has 1 fully saturated rings. The van der Waals surface area contributed by atoms with Gasteiger partial charge in [-0.1, -0.05) is 16.5 Å². The van der Waals surface area contributed by atoms with Crippen LogP contribution in [-0.2, 0) is 18.3 Å². The van der Waals surface area contributed by atoms with E-state index in [-0.39, 0.29) is 6.10 Å². The Morgan fingerprint density at radius 2 is 2.05 bits per heavy atom. The summed E-state index contributed by atoms with van der Waals surface area (Å²) in [7, 11) is 2.13. The van der Waals surface area contributed by atoms with Gasteiger partial charge in [0.2, 0.25) is 23.3 Å². The summed E-state index contributed by atoms with van der Waals surface area (Å²) < 4.78 is 18.5. The monoisotopic (exact) mass is 589 g/mol. The largest absolute Gasteiger partial charge is 0.473 e. The van der Waals surface area contributed by atoms with Gasteiger partial charge in [0.15, 0.2) is 0 Å². The molecular formula is C29H31N7O3S2. The van der Waals surface area contributed by atoms with Crippen LogP contribution in [-0.4, -0.2) is 50.7 Å². The van der Waals surface area contributed by atoms with Gasteiger partial charge in [-0.3, -0.25) is 4.90 Å². The summed E-state index contributed by atoms with van der Waals surface area (Å²) in [5, 5.41) is 17.6. The zero-order chi connectivity index (χ0) is 28.1. The number of hydrogen-bond acceptors (Lipinski definition) is 12. The fraction of sp³-hybridized carbons (Fsp3) is 0.483. The highest BCUT2D eigenvalue weighted by molar-refractivity contribution is 7.16. The number of nitrogen functional groups attached to an aromatic ring is 1. The van der Waals surface area contributed by atoms with Crippen molar-refractivity contribution in [3.8, 4) is 34.6 Å². The molecule has 4 aromatic rings. The molecule has 5 heterocycles. The van der Waals surface area contributed by atoms with Crippen molar-refractivity contribution in [3.05, 3.63) is 44.9 Å². The summed E-state index contributed by atoms with van der Waals surface area (Å²) >= 11 is 2.92. The summed E-state index contributed by atoms with van der Waals surface area (Å²) in [6.45, 7) is 3.14. The van der Waals surface area contributed by atoms with Crippen molar-refractivity contribution in [2.24, 2.45) is 0 Å². The molecule has 0 saturated carbocycles. The summed E-state index contributed by atoms with van der Waals surface area (Å²) in [4.78, 5) is 17.3. The summed E-state index contributed by atoms with van der Waals surface area (Å²) in [5.41, 5.74) is 9.44. The zero-order valence-corrected chi connectivity index (χ0v) is 24.7.